The van der Waals surface area contributed by atoms with E-state index in [1.165, 1.54) is 0 Å². The summed E-state index contributed by atoms with van der Waals surface area (Å²) in [6, 6.07) is 0. The third kappa shape index (κ3) is 2.04. The third-order valence-corrected chi connectivity index (χ3v) is 3.65. The van der Waals surface area contributed by atoms with Crippen LogP contribution in [0, 0.1) is 0 Å². The summed E-state index contributed by atoms with van der Waals surface area (Å²) in [7, 11) is 0. The van der Waals surface area contributed by atoms with Crippen LogP contribution in [0.1, 0.15) is 32.1 Å². The van der Waals surface area contributed by atoms with Gasteiger partial charge in [-0.2, -0.15) is 0 Å². The molecule has 4 heteroatoms. The Balaban J connectivity index is 1.63. The van der Waals surface area contributed by atoms with Crippen LogP contribution in [0.2, 0.25) is 0 Å². The molecule has 2 bridgehead atoms. The molecule has 0 aliphatic carbocycles. The molecule has 3 aliphatic rings. The fourth-order valence-corrected chi connectivity index (χ4v) is 3.01. The summed E-state index contributed by atoms with van der Waals surface area (Å²) in [6.07, 6.45) is 4.60. The summed E-state index contributed by atoms with van der Waals surface area (Å²) in [4.78, 5) is 0. The van der Waals surface area contributed by atoms with Crippen molar-refractivity contribution < 1.29 is 19.3 Å². The monoisotopic (exact) mass is 214 g/mol. The molecule has 0 spiro atoms. The summed E-state index contributed by atoms with van der Waals surface area (Å²) >= 11 is 0. The lowest BCUT2D eigenvalue weighted by Gasteiger charge is -2.37. The van der Waals surface area contributed by atoms with Gasteiger partial charge in [0.15, 0.2) is 6.29 Å². The van der Waals surface area contributed by atoms with Crippen LogP contribution >= 0.6 is 0 Å². The molecule has 3 heterocycles. The van der Waals surface area contributed by atoms with E-state index in [2.05, 4.69) is 0 Å². The van der Waals surface area contributed by atoms with Gasteiger partial charge in [0.05, 0.1) is 31.0 Å². The van der Waals surface area contributed by atoms with Crippen molar-refractivity contribution in [1.29, 1.82) is 0 Å². The van der Waals surface area contributed by atoms with Crippen LogP contribution in [0.5, 0.6) is 0 Å². The van der Waals surface area contributed by atoms with Crippen LogP contribution in [0.4, 0.5) is 0 Å². The Morgan fingerprint density at radius 3 is 2.27 bits per heavy atom. The maximum absolute atomic E-state index is 10.5. The Morgan fingerprint density at radius 1 is 1.07 bits per heavy atom. The van der Waals surface area contributed by atoms with Gasteiger partial charge < -0.3 is 19.3 Å². The maximum Gasteiger partial charge on any atom is 0.160 e. The smallest absolute Gasteiger partial charge is 0.160 e. The Labute approximate surface area is 89.5 Å². The van der Waals surface area contributed by atoms with Crippen LogP contribution in [0.3, 0.4) is 0 Å². The van der Waals surface area contributed by atoms with Crippen LogP contribution in [-0.4, -0.2) is 42.4 Å². The number of hydrogen-bond acceptors (Lipinski definition) is 4. The van der Waals surface area contributed by atoms with Gasteiger partial charge in [-0.15, -0.1) is 0 Å². The highest BCUT2D eigenvalue weighted by molar-refractivity contribution is 4.95. The SMILES string of the molecule is OC1(CC2OCCO2)CC2CCC(C1)O2. The highest BCUT2D eigenvalue weighted by atomic mass is 16.7. The van der Waals surface area contributed by atoms with Crippen molar-refractivity contribution in [3.8, 4) is 0 Å². The van der Waals surface area contributed by atoms with Crippen LogP contribution in [-0.2, 0) is 14.2 Å². The predicted octanol–water partition coefficient (Wildman–Crippen LogP) is 0.822. The highest BCUT2D eigenvalue weighted by Gasteiger charge is 2.45. The Kier molecular flexibility index (Phi) is 2.47. The minimum absolute atomic E-state index is 0.201. The first-order valence-corrected chi connectivity index (χ1v) is 5.85. The molecule has 2 unspecified atom stereocenters. The lowest BCUT2D eigenvalue weighted by atomic mass is 9.87. The van der Waals surface area contributed by atoms with Gasteiger partial charge in [-0.3, -0.25) is 0 Å². The Hall–Kier alpha value is -0.160. The number of aliphatic hydroxyl groups is 1. The molecule has 0 aromatic heterocycles. The first-order chi connectivity index (χ1) is 7.23. The van der Waals surface area contributed by atoms with E-state index in [0.29, 0.717) is 19.6 Å². The number of ether oxygens (including phenoxy) is 3. The molecule has 0 radical (unpaired) electrons. The van der Waals surface area contributed by atoms with Crippen molar-refractivity contribution in [3.63, 3.8) is 0 Å². The quantitative estimate of drug-likeness (QED) is 0.739. The Morgan fingerprint density at radius 2 is 1.67 bits per heavy atom. The van der Waals surface area contributed by atoms with Crippen molar-refractivity contribution >= 4 is 0 Å². The van der Waals surface area contributed by atoms with Crippen molar-refractivity contribution in [2.24, 2.45) is 0 Å². The average Bonchev–Trinajstić information content (AvgIpc) is 2.76. The van der Waals surface area contributed by atoms with E-state index in [-0.39, 0.29) is 18.5 Å². The van der Waals surface area contributed by atoms with Crippen LogP contribution < -0.4 is 0 Å². The molecule has 0 saturated carbocycles. The second kappa shape index (κ2) is 3.70. The highest BCUT2D eigenvalue weighted by Crippen LogP contribution is 2.41. The predicted molar refractivity (Wildman–Crippen MR) is 52.4 cm³/mol. The molecule has 2 atom stereocenters. The zero-order valence-electron chi connectivity index (χ0n) is 8.85. The average molecular weight is 214 g/mol. The topological polar surface area (TPSA) is 47.9 Å². The number of fused-ring (bicyclic) bond motifs is 2. The van der Waals surface area contributed by atoms with Gasteiger partial charge in [-0.05, 0) is 12.8 Å². The molecule has 0 aromatic carbocycles. The molecule has 0 aromatic rings. The minimum atomic E-state index is -0.626. The van der Waals surface area contributed by atoms with Gasteiger partial charge in [0.1, 0.15) is 0 Å². The van der Waals surface area contributed by atoms with E-state index in [4.69, 9.17) is 14.2 Å². The van der Waals surface area contributed by atoms with E-state index in [9.17, 15) is 5.11 Å². The second-order valence-corrected chi connectivity index (χ2v) is 4.97. The first kappa shape index (κ1) is 10.0. The standard InChI is InChI=1S/C11H18O4/c12-11(7-10-13-3-4-14-10)5-8-1-2-9(6-11)15-8/h8-10,12H,1-7H2. The fraction of sp³-hybridized carbons (Fsp3) is 1.00. The third-order valence-electron chi connectivity index (χ3n) is 3.65. The molecular formula is C11H18O4. The van der Waals surface area contributed by atoms with Crippen LogP contribution in [0.15, 0.2) is 0 Å². The first-order valence-electron chi connectivity index (χ1n) is 5.85. The zero-order chi connectivity index (χ0) is 10.3. The normalized spacial score (nSPS) is 46.2. The van der Waals surface area contributed by atoms with Gasteiger partial charge in [0.25, 0.3) is 0 Å². The van der Waals surface area contributed by atoms with Crippen molar-refractivity contribution in [2.45, 2.75) is 56.2 Å². The van der Waals surface area contributed by atoms with E-state index < -0.39 is 5.60 Å². The molecule has 3 rings (SSSR count). The van der Waals surface area contributed by atoms with Crippen molar-refractivity contribution in [3.05, 3.63) is 0 Å². The minimum Gasteiger partial charge on any atom is -0.389 e. The van der Waals surface area contributed by atoms with E-state index in [1.54, 1.807) is 0 Å². The van der Waals surface area contributed by atoms with Crippen molar-refractivity contribution in [2.75, 3.05) is 13.2 Å². The molecule has 15 heavy (non-hydrogen) atoms. The van der Waals surface area contributed by atoms with Gasteiger partial charge in [-0.25, -0.2) is 0 Å². The molecule has 3 aliphatic heterocycles. The number of hydrogen-bond donors (Lipinski definition) is 1. The van der Waals surface area contributed by atoms with E-state index >= 15 is 0 Å². The molecule has 86 valence electrons. The second-order valence-electron chi connectivity index (χ2n) is 4.97. The zero-order valence-corrected chi connectivity index (χ0v) is 8.85. The summed E-state index contributed by atoms with van der Waals surface area (Å²) in [5.74, 6) is 0. The lowest BCUT2D eigenvalue weighted by molar-refractivity contribution is -0.155. The maximum atomic E-state index is 10.5. The largest absolute Gasteiger partial charge is 0.389 e. The summed E-state index contributed by atoms with van der Waals surface area (Å²) in [5, 5.41) is 10.5. The van der Waals surface area contributed by atoms with Crippen LogP contribution in [0.25, 0.3) is 0 Å². The van der Waals surface area contributed by atoms with Gasteiger partial charge in [0.2, 0.25) is 0 Å². The Bertz CT molecular complexity index is 225. The molecule has 1 N–H and O–H groups in total. The molecule has 3 saturated heterocycles. The summed E-state index contributed by atoms with van der Waals surface area (Å²) in [6.45, 7) is 1.31. The molecular weight excluding hydrogens is 196 g/mol. The van der Waals surface area contributed by atoms with E-state index in [0.717, 1.165) is 25.7 Å². The molecule has 3 fully saturated rings. The fourth-order valence-electron chi connectivity index (χ4n) is 3.01. The van der Waals surface area contributed by atoms with Crippen molar-refractivity contribution in [1.82, 2.24) is 0 Å². The van der Waals surface area contributed by atoms with Gasteiger partial charge in [-0.1, -0.05) is 0 Å². The lowest BCUT2D eigenvalue weighted by Crippen LogP contribution is -2.43. The molecule has 4 nitrogen and oxygen atoms in total. The van der Waals surface area contributed by atoms with E-state index in [1.807, 2.05) is 0 Å². The molecule has 0 amide bonds. The summed E-state index contributed by atoms with van der Waals surface area (Å²) < 4.78 is 16.5. The number of rotatable bonds is 2. The van der Waals surface area contributed by atoms with Gasteiger partial charge >= 0.3 is 0 Å². The van der Waals surface area contributed by atoms with Gasteiger partial charge in [0, 0.05) is 19.3 Å². The summed E-state index contributed by atoms with van der Waals surface area (Å²) in [5.41, 5.74) is -0.626.